The van der Waals surface area contributed by atoms with E-state index in [1.807, 2.05) is 69.3 Å². The summed E-state index contributed by atoms with van der Waals surface area (Å²) in [5.74, 6) is -0.0987. The Labute approximate surface area is 160 Å². The molecule has 27 heavy (non-hydrogen) atoms. The van der Waals surface area contributed by atoms with Crippen LogP contribution >= 0.6 is 0 Å². The van der Waals surface area contributed by atoms with Gasteiger partial charge in [0.2, 0.25) is 11.8 Å². The molecule has 0 bridgehead atoms. The zero-order chi connectivity index (χ0) is 19.4. The van der Waals surface area contributed by atoms with Gasteiger partial charge in [-0.2, -0.15) is 0 Å². The topological polar surface area (TPSA) is 67.4 Å². The number of ether oxygens (including phenoxy) is 1. The Balaban J connectivity index is 1.52. The molecule has 1 saturated carbocycles. The summed E-state index contributed by atoms with van der Waals surface area (Å²) < 4.78 is 5.72. The average Bonchev–Trinajstić information content (AvgIpc) is 3.42. The van der Waals surface area contributed by atoms with Crippen LogP contribution in [0.15, 0.2) is 48.5 Å². The van der Waals surface area contributed by atoms with Crippen molar-refractivity contribution in [3.8, 4) is 5.75 Å². The molecule has 2 N–H and O–H groups in total. The lowest BCUT2D eigenvalue weighted by Gasteiger charge is -2.14. The SMILES string of the molecule is Cc1cccc(CNC(=O)C2CC2C(=O)Nc2ccccc2OC(C)C)c1. The number of carbonyl (C=O) groups excluding carboxylic acids is 2. The van der Waals surface area contributed by atoms with E-state index in [1.165, 1.54) is 0 Å². The first-order valence-electron chi connectivity index (χ1n) is 9.34. The van der Waals surface area contributed by atoms with E-state index in [0.29, 0.717) is 24.4 Å². The van der Waals surface area contributed by atoms with Crippen LogP contribution in [0.25, 0.3) is 0 Å². The van der Waals surface area contributed by atoms with Crippen molar-refractivity contribution in [2.24, 2.45) is 11.8 Å². The third-order valence-corrected chi connectivity index (χ3v) is 4.52. The van der Waals surface area contributed by atoms with Crippen molar-refractivity contribution in [1.82, 2.24) is 5.32 Å². The first-order chi connectivity index (χ1) is 12.9. The molecule has 2 atom stereocenters. The van der Waals surface area contributed by atoms with Crippen molar-refractivity contribution in [2.75, 3.05) is 5.32 Å². The van der Waals surface area contributed by atoms with Gasteiger partial charge >= 0.3 is 0 Å². The van der Waals surface area contributed by atoms with Crippen molar-refractivity contribution in [2.45, 2.75) is 39.8 Å². The number of anilines is 1. The lowest BCUT2D eigenvalue weighted by molar-refractivity contribution is -0.125. The molecule has 2 amide bonds. The summed E-state index contributed by atoms with van der Waals surface area (Å²) >= 11 is 0. The van der Waals surface area contributed by atoms with Crippen molar-refractivity contribution < 1.29 is 14.3 Å². The standard InChI is InChI=1S/C22H26N2O3/c1-14(2)27-20-10-5-4-9-19(20)24-22(26)18-12-17(18)21(25)23-13-16-8-6-7-15(3)11-16/h4-11,14,17-18H,12-13H2,1-3H3,(H,23,25)(H,24,26). The van der Waals surface area contributed by atoms with E-state index in [-0.39, 0.29) is 29.8 Å². The molecule has 0 saturated heterocycles. The van der Waals surface area contributed by atoms with Crippen LogP contribution in [-0.4, -0.2) is 17.9 Å². The van der Waals surface area contributed by atoms with E-state index in [9.17, 15) is 9.59 Å². The fourth-order valence-electron chi connectivity index (χ4n) is 3.07. The third kappa shape index (κ3) is 5.09. The Morgan fingerprint density at radius 2 is 1.81 bits per heavy atom. The van der Waals surface area contributed by atoms with Gasteiger partial charge in [-0.3, -0.25) is 9.59 Å². The van der Waals surface area contributed by atoms with E-state index in [1.54, 1.807) is 0 Å². The normalized spacial score (nSPS) is 18.1. The number of amides is 2. The highest BCUT2D eigenvalue weighted by molar-refractivity contribution is 6.00. The zero-order valence-electron chi connectivity index (χ0n) is 16.0. The summed E-state index contributed by atoms with van der Waals surface area (Å²) in [5, 5.41) is 5.83. The van der Waals surface area contributed by atoms with Gasteiger partial charge < -0.3 is 15.4 Å². The number of rotatable bonds is 7. The van der Waals surface area contributed by atoms with Crippen LogP contribution in [-0.2, 0) is 16.1 Å². The molecule has 2 aromatic rings. The highest BCUT2D eigenvalue weighted by atomic mass is 16.5. The Hall–Kier alpha value is -2.82. The predicted molar refractivity (Wildman–Crippen MR) is 105 cm³/mol. The Morgan fingerprint density at radius 1 is 1.07 bits per heavy atom. The third-order valence-electron chi connectivity index (χ3n) is 4.52. The smallest absolute Gasteiger partial charge is 0.228 e. The molecule has 2 unspecified atom stereocenters. The van der Waals surface area contributed by atoms with Crippen LogP contribution in [0.3, 0.4) is 0 Å². The summed E-state index contributed by atoms with van der Waals surface area (Å²) in [5.41, 5.74) is 2.86. The van der Waals surface area contributed by atoms with Gasteiger partial charge in [0, 0.05) is 6.54 Å². The van der Waals surface area contributed by atoms with Gasteiger partial charge in [-0.1, -0.05) is 42.0 Å². The molecule has 0 radical (unpaired) electrons. The molecule has 0 spiro atoms. The van der Waals surface area contributed by atoms with Gasteiger partial charge in [0.05, 0.1) is 23.6 Å². The van der Waals surface area contributed by atoms with Gasteiger partial charge in [0.1, 0.15) is 5.75 Å². The fraction of sp³-hybridized carbons (Fsp3) is 0.364. The van der Waals surface area contributed by atoms with Gasteiger partial charge in [0.15, 0.2) is 0 Å². The molecule has 3 rings (SSSR count). The second-order valence-corrected chi connectivity index (χ2v) is 7.31. The van der Waals surface area contributed by atoms with Crippen molar-refractivity contribution in [3.63, 3.8) is 0 Å². The first-order valence-corrected chi connectivity index (χ1v) is 9.34. The minimum absolute atomic E-state index is 0.0177. The highest BCUT2D eigenvalue weighted by Gasteiger charge is 2.48. The maximum Gasteiger partial charge on any atom is 0.228 e. The number of aryl methyl sites for hydroxylation is 1. The molecule has 142 valence electrons. The van der Waals surface area contributed by atoms with Crippen LogP contribution in [0.4, 0.5) is 5.69 Å². The fourth-order valence-corrected chi connectivity index (χ4v) is 3.07. The Bertz CT molecular complexity index is 832. The maximum absolute atomic E-state index is 12.5. The monoisotopic (exact) mass is 366 g/mol. The van der Waals surface area contributed by atoms with Crippen molar-refractivity contribution >= 4 is 17.5 Å². The van der Waals surface area contributed by atoms with E-state index in [2.05, 4.69) is 10.6 Å². The predicted octanol–water partition coefficient (Wildman–Crippen LogP) is 3.67. The maximum atomic E-state index is 12.5. The summed E-state index contributed by atoms with van der Waals surface area (Å²) in [6.45, 7) is 6.38. The molecule has 1 fully saturated rings. The van der Waals surface area contributed by atoms with E-state index < -0.39 is 0 Å². The second kappa shape index (κ2) is 8.25. The summed E-state index contributed by atoms with van der Waals surface area (Å²) in [6.07, 6.45) is 0.600. The van der Waals surface area contributed by atoms with Gasteiger partial charge in [-0.15, -0.1) is 0 Å². The molecule has 2 aromatic carbocycles. The molecule has 5 heteroatoms. The van der Waals surface area contributed by atoms with Gasteiger partial charge in [-0.25, -0.2) is 0 Å². The van der Waals surface area contributed by atoms with Gasteiger partial charge in [-0.05, 0) is 44.9 Å². The minimum atomic E-state index is -0.283. The molecule has 1 aliphatic rings. The van der Waals surface area contributed by atoms with E-state index in [0.717, 1.165) is 11.1 Å². The molecule has 5 nitrogen and oxygen atoms in total. The van der Waals surface area contributed by atoms with E-state index in [4.69, 9.17) is 4.74 Å². The quantitative estimate of drug-likeness (QED) is 0.786. The number of nitrogens with one attached hydrogen (secondary N) is 2. The van der Waals surface area contributed by atoms with Crippen molar-refractivity contribution in [1.29, 1.82) is 0 Å². The summed E-state index contributed by atoms with van der Waals surface area (Å²) in [4.78, 5) is 24.8. The summed E-state index contributed by atoms with van der Waals surface area (Å²) in [6, 6.07) is 15.4. The largest absolute Gasteiger partial charge is 0.489 e. The number of hydrogen-bond acceptors (Lipinski definition) is 3. The number of hydrogen-bond donors (Lipinski definition) is 2. The number of carbonyl (C=O) groups is 2. The van der Waals surface area contributed by atoms with Gasteiger partial charge in [0.25, 0.3) is 0 Å². The number of para-hydroxylation sites is 2. The first kappa shape index (κ1) is 19.0. The highest BCUT2D eigenvalue weighted by Crippen LogP contribution is 2.40. The van der Waals surface area contributed by atoms with Crippen LogP contribution in [0.2, 0.25) is 0 Å². The van der Waals surface area contributed by atoms with Crippen LogP contribution in [0.5, 0.6) is 5.75 Å². The molecular formula is C22H26N2O3. The lowest BCUT2D eigenvalue weighted by Crippen LogP contribution is -2.27. The second-order valence-electron chi connectivity index (χ2n) is 7.31. The van der Waals surface area contributed by atoms with Crippen LogP contribution in [0.1, 0.15) is 31.4 Å². The lowest BCUT2D eigenvalue weighted by atomic mass is 10.1. The average molecular weight is 366 g/mol. The zero-order valence-corrected chi connectivity index (χ0v) is 16.0. The van der Waals surface area contributed by atoms with Crippen molar-refractivity contribution in [3.05, 3.63) is 59.7 Å². The molecule has 0 aliphatic heterocycles. The molecule has 0 aromatic heterocycles. The molecule has 0 heterocycles. The molecular weight excluding hydrogens is 340 g/mol. The molecule has 1 aliphatic carbocycles. The van der Waals surface area contributed by atoms with E-state index >= 15 is 0 Å². The Kier molecular flexibility index (Phi) is 5.79. The minimum Gasteiger partial charge on any atom is -0.489 e. The number of benzene rings is 2. The summed E-state index contributed by atoms with van der Waals surface area (Å²) in [7, 11) is 0. The van der Waals surface area contributed by atoms with Crippen LogP contribution in [0, 0.1) is 18.8 Å². The Morgan fingerprint density at radius 3 is 2.56 bits per heavy atom. The van der Waals surface area contributed by atoms with Crippen LogP contribution < -0.4 is 15.4 Å².